The Kier molecular flexibility index (Phi) is 5.81. The first-order valence-electron chi connectivity index (χ1n) is 6.62. The maximum absolute atomic E-state index is 13.6. The number of nitrogens with one attached hydrogen (secondary N) is 1. The molecule has 0 fully saturated rings. The van der Waals surface area contributed by atoms with E-state index in [-0.39, 0.29) is 12.4 Å². The molecular weight excluding hydrogens is 369 g/mol. The molecule has 0 saturated heterocycles. The van der Waals surface area contributed by atoms with Gasteiger partial charge in [0.2, 0.25) is 0 Å². The predicted molar refractivity (Wildman–Crippen MR) is 87.8 cm³/mol. The lowest BCUT2D eigenvalue weighted by Gasteiger charge is -2.11. The van der Waals surface area contributed by atoms with Crippen molar-refractivity contribution in [2.75, 3.05) is 26.1 Å². The molecule has 0 heterocycles. The molecule has 0 atom stereocenters. The molecule has 122 valence electrons. The largest absolute Gasteiger partial charge is 0.497 e. The lowest BCUT2D eigenvalue weighted by Crippen LogP contribution is -2.20. The Morgan fingerprint density at radius 1 is 1.13 bits per heavy atom. The van der Waals surface area contributed by atoms with E-state index in [4.69, 9.17) is 14.2 Å². The average Bonchev–Trinajstić information content (AvgIpc) is 2.53. The quantitative estimate of drug-likeness (QED) is 0.827. The monoisotopic (exact) mass is 383 g/mol. The second kappa shape index (κ2) is 7.82. The average molecular weight is 384 g/mol. The predicted octanol–water partition coefficient (Wildman–Crippen LogP) is 3.62. The van der Waals surface area contributed by atoms with Crippen molar-refractivity contribution in [2.45, 2.75) is 0 Å². The molecule has 0 saturated carbocycles. The summed E-state index contributed by atoms with van der Waals surface area (Å²) in [6.45, 7) is -0.321. The van der Waals surface area contributed by atoms with E-state index in [9.17, 15) is 9.18 Å². The Bertz CT molecular complexity index is 686. The van der Waals surface area contributed by atoms with E-state index in [0.717, 1.165) is 0 Å². The Morgan fingerprint density at radius 3 is 2.35 bits per heavy atom. The number of rotatable bonds is 6. The number of carbonyl (C=O) groups excluding carboxylic acids is 1. The highest BCUT2D eigenvalue weighted by Gasteiger charge is 2.09. The third kappa shape index (κ3) is 4.85. The van der Waals surface area contributed by atoms with Gasteiger partial charge in [-0.1, -0.05) is 15.9 Å². The standard InChI is InChI=1S/C16H15BrFNO4/c1-21-12-6-11(7-13(8-12)22-2)19-16(20)9-23-15-4-3-10(17)5-14(15)18/h3-8H,9H2,1-2H3,(H,19,20). The fourth-order valence-electron chi connectivity index (χ4n) is 1.81. The summed E-state index contributed by atoms with van der Waals surface area (Å²) >= 11 is 3.15. The SMILES string of the molecule is COc1cc(NC(=O)COc2ccc(Br)cc2F)cc(OC)c1. The summed E-state index contributed by atoms with van der Waals surface area (Å²) in [5.74, 6) is 0.114. The maximum atomic E-state index is 13.6. The van der Waals surface area contributed by atoms with Crippen LogP contribution in [0.3, 0.4) is 0 Å². The van der Waals surface area contributed by atoms with E-state index >= 15 is 0 Å². The highest BCUT2D eigenvalue weighted by molar-refractivity contribution is 9.10. The van der Waals surface area contributed by atoms with Crippen LogP contribution in [0.4, 0.5) is 10.1 Å². The van der Waals surface area contributed by atoms with Gasteiger partial charge in [0, 0.05) is 28.4 Å². The van der Waals surface area contributed by atoms with E-state index in [0.29, 0.717) is 21.7 Å². The molecule has 0 unspecified atom stereocenters. The van der Waals surface area contributed by atoms with Crippen molar-refractivity contribution in [3.8, 4) is 17.2 Å². The van der Waals surface area contributed by atoms with Crippen molar-refractivity contribution in [2.24, 2.45) is 0 Å². The molecule has 0 bridgehead atoms. The molecule has 5 nitrogen and oxygen atoms in total. The first-order chi connectivity index (χ1) is 11.0. The van der Waals surface area contributed by atoms with Crippen LogP contribution in [0.25, 0.3) is 0 Å². The van der Waals surface area contributed by atoms with Crippen molar-refractivity contribution >= 4 is 27.5 Å². The molecule has 0 aliphatic carbocycles. The Hall–Kier alpha value is -2.28. The normalized spacial score (nSPS) is 10.1. The van der Waals surface area contributed by atoms with Crippen LogP contribution in [-0.4, -0.2) is 26.7 Å². The van der Waals surface area contributed by atoms with Gasteiger partial charge in [-0.25, -0.2) is 4.39 Å². The summed E-state index contributed by atoms with van der Waals surface area (Å²) in [5, 5.41) is 2.64. The molecule has 2 rings (SSSR count). The fourth-order valence-corrected chi connectivity index (χ4v) is 2.15. The number of anilines is 1. The van der Waals surface area contributed by atoms with Gasteiger partial charge in [0.1, 0.15) is 11.5 Å². The molecule has 0 aromatic heterocycles. The molecule has 23 heavy (non-hydrogen) atoms. The van der Waals surface area contributed by atoms with Crippen LogP contribution >= 0.6 is 15.9 Å². The second-order valence-electron chi connectivity index (χ2n) is 4.51. The number of halogens is 2. The Morgan fingerprint density at radius 2 is 1.78 bits per heavy atom. The minimum Gasteiger partial charge on any atom is -0.497 e. The molecule has 1 N–H and O–H groups in total. The van der Waals surface area contributed by atoms with Crippen LogP contribution in [0.15, 0.2) is 40.9 Å². The third-order valence-electron chi connectivity index (χ3n) is 2.89. The Labute approximate surface area is 141 Å². The van der Waals surface area contributed by atoms with Crippen molar-refractivity contribution in [3.05, 3.63) is 46.7 Å². The van der Waals surface area contributed by atoms with Crippen molar-refractivity contribution in [1.82, 2.24) is 0 Å². The first kappa shape index (κ1) is 17.1. The molecule has 0 aliphatic rings. The summed E-state index contributed by atoms with van der Waals surface area (Å²) in [7, 11) is 3.03. The van der Waals surface area contributed by atoms with E-state index in [1.807, 2.05) is 0 Å². The van der Waals surface area contributed by atoms with Gasteiger partial charge in [-0.3, -0.25) is 4.79 Å². The van der Waals surface area contributed by atoms with Crippen LogP contribution in [0.1, 0.15) is 0 Å². The van der Waals surface area contributed by atoms with Gasteiger partial charge >= 0.3 is 0 Å². The molecular formula is C16H15BrFNO4. The third-order valence-corrected chi connectivity index (χ3v) is 3.38. The first-order valence-corrected chi connectivity index (χ1v) is 7.42. The number of carbonyl (C=O) groups is 1. The zero-order valence-corrected chi connectivity index (χ0v) is 14.1. The van der Waals surface area contributed by atoms with Gasteiger partial charge in [-0.15, -0.1) is 0 Å². The summed E-state index contributed by atoms with van der Waals surface area (Å²) in [5.41, 5.74) is 0.492. The van der Waals surface area contributed by atoms with Gasteiger partial charge in [0.05, 0.1) is 14.2 Å². The summed E-state index contributed by atoms with van der Waals surface area (Å²) in [6, 6.07) is 9.30. The lowest BCUT2D eigenvalue weighted by atomic mass is 10.2. The molecule has 2 aromatic carbocycles. The lowest BCUT2D eigenvalue weighted by molar-refractivity contribution is -0.118. The molecule has 7 heteroatoms. The highest BCUT2D eigenvalue weighted by Crippen LogP contribution is 2.26. The van der Waals surface area contributed by atoms with Gasteiger partial charge in [-0.2, -0.15) is 0 Å². The molecule has 2 aromatic rings. The number of benzene rings is 2. The van der Waals surface area contributed by atoms with E-state index in [2.05, 4.69) is 21.2 Å². The van der Waals surface area contributed by atoms with Gasteiger partial charge in [-0.05, 0) is 18.2 Å². The summed E-state index contributed by atoms with van der Waals surface area (Å²) < 4.78 is 29.6. The molecule has 0 radical (unpaired) electrons. The number of ether oxygens (including phenoxy) is 3. The van der Waals surface area contributed by atoms with Crippen LogP contribution in [0.2, 0.25) is 0 Å². The van der Waals surface area contributed by atoms with Gasteiger partial charge < -0.3 is 19.5 Å². The zero-order valence-electron chi connectivity index (χ0n) is 12.6. The Balaban J connectivity index is 1.99. The topological polar surface area (TPSA) is 56.8 Å². The zero-order chi connectivity index (χ0) is 16.8. The number of methoxy groups -OCH3 is 2. The minimum absolute atomic E-state index is 0.00609. The van der Waals surface area contributed by atoms with Crippen LogP contribution < -0.4 is 19.5 Å². The van der Waals surface area contributed by atoms with Crippen LogP contribution in [-0.2, 0) is 4.79 Å². The number of amides is 1. The number of hydrogen-bond donors (Lipinski definition) is 1. The second-order valence-corrected chi connectivity index (χ2v) is 5.43. The van der Waals surface area contributed by atoms with Crippen molar-refractivity contribution in [1.29, 1.82) is 0 Å². The van der Waals surface area contributed by atoms with E-state index in [1.165, 1.54) is 26.4 Å². The van der Waals surface area contributed by atoms with Crippen molar-refractivity contribution < 1.29 is 23.4 Å². The van der Waals surface area contributed by atoms with E-state index in [1.54, 1.807) is 24.3 Å². The fraction of sp³-hybridized carbons (Fsp3) is 0.188. The summed E-state index contributed by atoms with van der Waals surface area (Å²) in [4.78, 5) is 11.9. The minimum atomic E-state index is -0.546. The number of hydrogen-bond acceptors (Lipinski definition) is 4. The molecule has 0 aliphatic heterocycles. The molecule has 0 spiro atoms. The van der Waals surface area contributed by atoms with Crippen LogP contribution in [0.5, 0.6) is 17.2 Å². The highest BCUT2D eigenvalue weighted by atomic mass is 79.9. The summed E-state index contributed by atoms with van der Waals surface area (Å²) in [6.07, 6.45) is 0. The van der Waals surface area contributed by atoms with E-state index < -0.39 is 11.7 Å². The van der Waals surface area contributed by atoms with Gasteiger partial charge in [0.25, 0.3) is 5.91 Å². The van der Waals surface area contributed by atoms with Crippen LogP contribution in [0, 0.1) is 5.82 Å². The van der Waals surface area contributed by atoms with Crippen molar-refractivity contribution in [3.63, 3.8) is 0 Å². The smallest absolute Gasteiger partial charge is 0.262 e. The maximum Gasteiger partial charge on any atom is 0.262 e. The molecule has 1 amide bonds. The van der Waals surface area contributed by atoms with Gasteiger partial charge in [0.15, 0.2) is 18.2 Å².